The van der Waals surface area contributed by atoms with Crippen molar-refractivity contribution in [2.45, 2.75) is 24.7 Å². The first-order valence-corrected chi connectivity index (χ1v) is 9.96. The van der Waals surface area contributed by atoms with E-state index >= 15 is 0 Å². The van der Waals surface area contributed by atoms with Gasteiger partial charge >= 0.3 is 0 Å². The molecule has 0 radical (unpaired) electrons. The number of sulfonamides is 1. The molecule has 0 saturated carbocycles. The van der Waals surface area contributed by atoms with Crippen LogP contribution in [0.5, 0.6) is 0 Å². The molecule has 0 aliphatic heterocycles. The van der Waals surface area contributed by atoms with Gasteiger partial charge in [0.15, 0.2) is 0 Å². The van der Waals surface area contributed by atoms with Crippen molar-refractivity contribution in [2.75, 3.05) is 0 Å². The highest BCUT2D eigenvalue weighted by molar-refractivity contribution is 7.89. The van der Waals surface area contributed by atoms with E-state index in [1.807, 2.05) is 54.6 Å². The number of benzene rings is 3. The summed E-state index contributed by atoms with van der Waals surface area (Å²) in [6, 6.07) is 22.1. The van der Waals surface area contributed by atoms with Gasteiger partial charge in [-0.05, 0) is 41.0 Å². The van der Waals surface area contributed by atoms with Crippen LogP contribution in [0.1, 0.15) is 16.7 Å². The summed E-state index contributed by atoms with van der Waals surface area (Å²) in [6.07, 6.45) is 0. The average molecular weight is 385 g/mol. The molecule has 0 bridgehead atoms. The molecule has 0 unspecified atom stereocenters. The van der Waals surface area contributed by atoms with Crippen LogP contribution in [0.15, 0.2) is 83.8 Å². The monoisotopic (exact) mass is 385 g/mol. The van der Waals surface area contributed by atoms with Gasteiger partial charge in [-0.2, -0.15) is 0 Å². The minimum absolute atomic E-state index is 0.0294. The lowest BCUT2D eigenvalue weighted by Crippen LogP contribution is -2.23. The topological polar surface area (TPSA) is 55.4 Å². The molecule has 0 heterocycles. The van der Waals surface area contributed by atoms with Gasteiger partial charge in [0.2, 0.25) is 10.0 Å². The van der Waals surface area contributed by atoms with Crippen LogP contribution in [0.2, 0.25) is 0 Å². The van der Waals surface area contributed by atoms with Gasteiger partial charge in [0, 0.05) is 6.54 Å². The molecule has 140 valence electrons. The van der Waals surface area contributed by atoms with Crippen LogP contribution in [0, 0.1) is 5.82 Å². The van der Waals surface area contributed by atoms with Crippen molar-refractivity contribution < 1.29 is 17.5 Å². The van der Waals surface area contributed by atoms with Crippen molar-refractivity contribution in [3.8, 4) is 0 Å². The Kier molecular flexibility index (Phi) is 6.34. The minimum atomic E-state index is -3.71. The molecule has 0 spiro atoms. The predicted molar refractivity (Wildman–Crippen MR) is 102 cm³/mol. The van der Waals surface area contributed by atoms with E-state index in [1.165, 1.54) is 12.1 Å². The van der Waals surface area contributed by atoms with Crippen molar-refractivity contribution in [3.63, 3.8) is 0 Å². The summed E-state index contributed by atoms with van der Waals surface area (Å²) in [7, 11) is -3.71. The van der Waals surface area contributed by atoms with Crippen LogP contribution >= 0.6 is 0 Å². The Hall–Kier alpha value is -2.54. The fourth-order valence-corrected chi connectivity index (χ4v) is 3.60. The quantitative estimate of drug-likeness (QED) is 0.637. The third kappa shape index (κ3) is 5.47. The smallest absolute Gasteiger partial charge is 0.240 e. The van der Waals surface area contributed by atoms with E-state index in [4.69, 9.17) is 4.74 Å². The first-order valence-electron chi connectivity index (χ1n) is 8.48. The Labute approximate surface area is 158 Å². The maximum absolute atomic E-state index is 13.0. The number of nitrogens with one attached hydrogen (secondary N) is 1. The fourth-order valence-electron chi connectivity index (χ4n) is 2.59. The van der Waals surface area contributed by atoms with E-state index in [0.29, 0.717) is 13.2 Å². The standard InChI is InChI=1S/C21H20FNO3S/c22-20-10-12-21(13-11-20)27(24,25)23-14-18-8-4-5-9-19(18)16-26-15-17-6-2-1-3-7-17/h1-13,23H,14-16H2. The third-order valence-electron chi connectivity index (χ3n) is 4.06. The molecule has 0 amide bonds. The van der Waals surface area contributed by atoms with Crippen molar-refractivity contribution in [2.24, 2.45) is 0 Å². The number of rotatable bonds is 8. The Balaban J connectivity index is 1.62. The van der Waals surface area contributed by atoms with Crippen molar-refractivity contribution in [1.82, 2.24) is 4.72 Å². The summed E-state index contributed by atoms with van der Waals surface area (Å²) < 4.78 is 46.0. The molecule has 0 fully saturated rings. The van der Waals surface area contributed by atoms with Crippen LogP contribution < -0.4 is 4.72 Å². The van der Waals surface area contributed by atoms with Gasteiger partial charge in [-0.1, -0.05) is 54.6 Å². The number of hydrogen-bond donors (Lipinski definition) is 1. The first-order chi connectivity index (χ1) is 13.0. The highest BCUT2D eigenvalue weighted by Crippen LogP contribution is 2.14. The van der Waals surface area contributed by atoms with Crippen LogP contribution in [0.25, 0.3) is 0 Å². The largest absolute Gasteiger partial charge is 0.372 e. The van der Waals surface area contributed by atoms with Crippen molar-refractivity contribution in [1.29, 1.82) is 0 Å². The van der Waals surface area contributed by atoms with E-state index in [0.717, 1.165) is 28.8 Å². The zero-order valence-corrected chi connectivity index (χ0v) is 15.5. The highest BCUT2D eigenvalue weighted by Gasteiger charge is 2.14. The molecular weight excluding hydrogens is 365 g/mol. The molecule has 0 aliphatic carbocycles. The Bertz CT molecular complexity index is 974. The normalized spacial score (nSPS) is 11.4. The molecule has 6 heteroatoms. The summed E-state index contributed by atoms with van der Waals surface area (Å²) in [5, 5.41) is 0. The van der Waals surface area contributed by atoms with Gasteiger partial charge in [0.1, 0.15) is 5.82 Å². The van der Waals surface area contributed by atoms with Gasteiger partial charge in [-0.25, -0.2) is 17.5 Å². The number of halogens is 1. The van der Waals surface area contributed by atoms with Crippen LogP contribution in [-0.2, 0) is 34.5 Å². The number of ether oxygens (including phenoxy) is 1. The summed E-state index contributed by atoms with van der Waals surface area (Å²) in [4.78, 5) is 0.0294. The molecule has 3 rings (SSSR count). The van der Waals surface area contributed by atoms with E-state index in [1.54, 1.807) is 0 Å². The van der Waals surface area contributed by atoms with Crippen LogP contribution in [-0.4, -0.2) is 8.42 Å². The van der Waals surface area contributed by atoms with E-state index in [9.17, 15) is 12.8 Å². The summed E-state index contributed by atoms with van der Waals surface area (Å²) in [5.41, 5.74) is 2.82. The SMILES string of the molecule is O=S(=O)(NCc1ccccc1COCc1ccccc1)c1ccc(F)cc1. The molecule has 0 atom stereocenters. The fraction of sp³-hybridized carbons (Fsp3) is 0.143. The molecular formula is C21H20FNO3S. The van der Waals surface area contributed by atoms with E-state index < -0.39 is 15.8 Å². The van der Waals surface area contributed by atoms with Crippen LogP contribution in [0.4, 0.5) is 4.39 Å². The lowest BCUT2D eigenvalue weighted by molar-refractivity contribution is 0.106. The maximum atomic E-state index is 13.0. The molecule has 0 saturated heterocycles. The zero-order valence-electron chi connectivity index (χ0n) is 14.6. The van der Waals surface area contributed by atoms with Gasteiger partial charge in [-0.15, -0.1) is 0 Å². The second-order valence-electron chi connectivity index (χ2n) is 6.03. The molecule has 3 aromatic carbocycles. The van der Waals surface area contributed by atoms with Crippen molar-refractivity contribution in [3.05, 3.63) is 101 Å². The molecule has 1 N–H and O–H groups in total. The van der Waals surface area contributed by atoms with Gasteiger partial charge in [0.25, 0.3) is 0 Å². The van der Waals surface area contributed by atoms with Gasteiger partial charge in [-0.3, -0.25) is 0 Å². The second kappa shape index (κ2) is 8.90. The van der Waals surface area contributed by atoms with E-state index in [2.05, 4.69) is 4.72 Å². The van der Waals surface area contributed by atoms with Crippen molar-refractivity contribution >= 4 is 10.0 Å². The van der Waals surface area contributed by atoms with E-state index in [-0.39, 0.29) is 11.4 Å². The lowest BCUT2D eigenvalue weighted by atomic mass is 10.1. The molecule has 0 aromatic heterocycles. The minimum Gasteiger partial charge on any atom is -0.372 e. The van der Waals surface area contributed by atoms with Crippen LogP contribution in [0.3, 0.4) is 0 Å². The van der Waals surface area contributed by atoms with Gasteiger partial charge in [0.05, 0.1) is 18.1 Å². The third-order valence-corrected chi connectivity index (χ3v) is 5.48. The Morgan fingerprint density at radius 1 is 0.778 bits per heavy atom. The Morgan fingerprint density at radius 3 is 2.11 bits per heavy atom. The maximum Gasteiger partial charge on any atom is 0.240 e. The average Bonchev–Trinajstić information content (AvgIpc) is 2.68. The highest BCUT2D eigenvalue weighted by atomic mass is 32.2. The molecule has 4 nitrogen and oxygen atoms in total. The first kappa shape index (κ1) is 19.2. The molecule has 27 heavy (non-hydrogen) atoms. The lowest BCUT2D eigenvalue weighted by Gasteiger charge is -2.12. The predicted octanol–water partition coefficient (Wildman–Crippen LogP) is 4.02. The van der Waals surface area contributed by atoms with Gasteiger partial charge < -0.3 is 4.74 Å². The summed E-state index contributed by atoms with van der Waals surface area (Å²) >= 11 is 0. The Morgan fingerprint density at radius 2 is 1.41 bits per heavy atom. The zero-order chi connectivity index (χ0) is 19.1. The second-order valence-corrected chi connectivity index (χ2v) is 7.79. The summed E-state index contributed by atoms with van der Waals surface area (Å²) in [5.74, 6) is -0.477. The molecule has 0 aliphatic rings. The number of hydrogen-bond acceptors (Lipinski definition) is 3. The summed E-state index contributed by atoms with van der Waals surface area (Å²) in [6.45, 7) is 0.990. The molecule has 3 aromatic rings.